The number of halogens is 3. The predicted octanol–water partition coefficient (Wildman–Crippen LogP) is 3.17. The van der Waals surface area contributed by atoms with Crippen LogP contribution in [0.25, 0.3) is 5.69 Å². The van der Waals surface area contributed by atoms with Crippen molar-refractivity contribution >= 4 is 5.69 Å². The number of alkyl halides is 3. The molecule has 1 aromatic heterocycles. The zero-order chi connectivity index (χ0) is 18.7. The van der Waals surface area contributed by atoms with Gasteiger partial charge in [-0.15, -0.1) is 5.10 Å². The molecule has 0 unspecified atom stereocenters. The highest BCUT2D eigenvalue weighted by Gasteiger charge is 2.30. The Morgan fingerprint density at radius 2 is 1.81 bits per heavy atom. The Hall–Kier alpha value is -3.50. The van der Waals surface area contributed by atoms with E-state index < -0.39 is 16.7 Å². The molecule has 0 amide bonds. The average molecular weight is 365 g/mol. The van der Waals surface area contributed by atoms with Crippen LogP contribution in [-0.4, -0.2) is 25.1 Å². The quantitative estimate of drug-likeness (QED) is 0.509. The molecule has 0 aliphatic heterocycles. The van der Waals surface area contributed by atoms with Crippen LogP contribution in [0.2, 0.25) is 0 Å². The molecule has 1 heterocycles. The third-order valence-electron chi connectivity index (χ3n) is 3.39. The lowest BCUT2D eigenvalue weighted by molar-refractivity contribution is -0.386. The van der Waals surface area contributed by atoms with E-state index in [1.807, 2.05) is 0 Å². The van der Waals surface area contributed by atoms with Crippen LogP contribution in [0.15, 0.2) is 48.5 Å². The second-order valence-corrected chi connectivity index (χ2v) is 5.07. The van der Waals surface area contributed by atoms with Crippen LogP contribution in [0.1, 0.15) is 11.4 Å². The number of nitro groups is 1. The molecule has 0 aliphatic carbocycles. The van der Waals surface area contributed by atoms with Gasteiger partial charge in [-0.3, -0.25) is 10.1 Å². The van der Waals surface area contributed by atoms with Crippen LogP contribution in [0.5, 0.6) is 5.75 Å². The minimum atomic E-state index is -4.45. The Bertz CT molecular complexity index is 925. The number of ether oxygens (including phenoxy) is 1. The highest BCUT2D eigenvalue weighted by Crippen LogP contribution is 2.30. The Balaban J connectivity index is 1.81. The van der Waals surface area contributed by atoms with Crippen LogP contribution in [-0.2, 0) is 12.8 Å². The van der Waals surface area contributed by atoms with Gasteiger partial charge in [0.15, 0.2) is 18.2 Å². The zero-order valence-electron chi connectivity index (χ0n) is 12.9. The molecule has 0 saturated carbocycles. The summed E-state index contributed by atoms with van der Waals surface area (Å²) in [6, 6.07) is 10.0. The number of benzene rings is 2. The zero-order valence-corrected chi connectivity index (χ0v) is 12.9. The lowest BCUT2D eigenvalue weighted by atomic mass is 10.2. The average Bonchev–Trinajstić information content (AvgIpc) is 3.08. The van der Waals surface area contributed by atoms with Crippen LogP contribution < -0.4 is 4.74 Å². The molecule has 0 aliphatic rings. The molecule has 3 rings (SSSR count). The normalized spacial score (nSPS) is 11.3. The van der Waals surface area contributed by atoms with E-state index in [0.29, 0.717) is 5.69 Å². The van der Waals surface area contributed by atoms with E-state index in [-0.39, 0.29) is 23.9 Å². The Morgan fingerprint density at radius 3 is 2.46 bits per heavy atom. The number of para-hydroxylation sites is 2. The Labute approximate surface area is 144 Å². The second-order valence-electron chi connectivity index (χ2n) is 5.07. The number of hydrogen-bond donors (Lipinski definition) is 0. The minimum absolute atomic E-state index is 0.0273. The third-order valence-corrected chi connectivity index (χ3v) is 3.39. The summed E-state index contributed by atoms with van der Waals surface area (Å²) >= 11 is 0. The first-order valence-electron chi connectivity index (χ1n) is 7.17. The number of hydrogen-bond acceptors (Lipinski definition) is 6. The van der Waals surface area contributed by atoms with E-state index in [0.717, 1.165) is 12.1 Å². The van der Waals surface area contributed by atoms with Gasteiger partial charge < -0.3 is 4.74 Å². The SMILES string of the molecule is O=[N+]([O-])c1ccccc1OCc1nnnn1-c1ccc(C(F)(F)F)cc1. The van der Waals surface area contributed by atoms with Crippen molar-refractivity contribution < 1.29 is 22.8 Å². The maximum absolute atomic E-state index is 12.6. The molecule has 26 heavy (non-hydrogen) atoms. The molecular weight excluding hydrogens is 355 g/mol. The molecule has 3 aromatic rings. The van der Waals surface area contributed by atoms with Gasteiger partial charge >= 0.3 is 11.9 Å². The standard InChI is InChI=1S/C15H10F3N5O3/c16-15(17,18)10-5-7-11(8-6-10)22-14(19-20-21-22)9-26-13-4-2-1-3-12(13)23(24)25/h1-8H,9H2. The van der Waals surface area contributed by atoms with E-state index in [1.165, 1.54) is 35.0 Å². The van der Waals surface area contributed by atoms with Crippen LogP contribution in [0.3, 0.4) is 0 Å². The summed E-state index contributed by atoms with van der Waals surface area (Å²) in [6.07, 6.45) is -4.45. The summed E-state index contributed by atoms with van der Waals surface area (Å²) in [6.45, 7) is -0.209. The van der Waals surface area contributed by atoms with E-state index in [4.69, 9.17) is 4.74 Å². The van der Waals surface area contributed by atoms with Crippen LogP contribution in [0.4, 0.5) is 18.9 Å². The van der Waals surface area contributed by atoms with Gasteiger partial charge in [0.1, 0.15) is 0 Å². The van der Waals surface area contributed by atoms with Crippen molar-refractivity contribution in [3.05, 3.63) is 70.0 Å². The summed E-state index contributed by atoms with van der Waals surface area (Å²) in [5, 5.41) is 21.9. The molecule has 0 spiro atoms. The maximum atomic E-state index is 12.6. The fourth-order valence-electron chi connectivity index (χ4n) is 2.16. The van der Waals surface area contributed by atoms with Gasteiger partial charge in [-0.05, 0) is 40.8 Å². The van der Waals surface area contributed by atoms with Crippen molar-refractivity contribution in [1.29, 1.82) is 0 Å². The number of aromatic nitrogens is 4. The highest BCUT2D eigenvalue weighted by atomic mass is 19.4. The van der Waals surface area contributed by atoms with Crippen molar-refractivity contribution in [2.24, 2.45) is 0 Å². The molecule has 11 heteroatoms. The lowest BCUT2D eigenvalue weighted by Crippen LogP contribution is -2.09. The van der Waals surface area contributed by atoms with Crippen molar-refractivity contribution in [3.8, 4) is 11.4 Å². The smallest absolute Gasteiger partial charge is 0.416 e. The predicted molar refractivity (Wildman–Crippen MR) is 81.6 cm³/mol. The molecular formula is C15H10F3N5O3. The summed E-state index contributed by atoms with van der Waals surface area (Å²) in [4.78, 5) is 10.4. The van der Waals surface area contributed by atoms with Crippen LogP contribution in [0, 0.1) is 10.1 Å². The molecule has 0 fully saturated rings. The Kier molecular flexibility index (Phi) is 4.52. The molecule has 0 saturated heterocycles. The topological polar surface area (TPSA) is 96.0 Å². The first-order chi connectivity index (χ1) is 12.4. The summed E-state index contributed by atoms with van der Waals surface area (Å²) in [7, 11) is 0. The summed E-state index contributed by atoms with van der Waals surface area (Å²) < 4.78 is 44.5. The molecule has 2 aromatic carbocycles. The number of tetrazole rings is 1. The lowest BCUT2D eigenvalue weighted by Gasteiger charge is -2.09. The highest BCUT2D eigenvalue weighted by molar-refractivity contribution is 5.45. The maximum Gasteiger partial charge on any atom is 0.416 e. The molecule has 0 N–H and O–H groups in total. The van der Waals surface area contributed by atoms with Crippen molar-refractivity contribution in [2.75, 3.05) is 0 Å². The largest absolute Gasteiger partial charge is 0.478 e. The first kappa shape index (κ1) is 17.3. The van der Waals surface area contributed by atoms with Gasteiger partial charge in [-0.1, -0.05) is 12.1 Å². The summed E-state index contributed by atoms with van der Waals surface area (Å²) in [5.74, 6) is 0.197. The second kappa shape index (κ2) is 6.78. The van der Waals surface area contributed by atoms with Crippen LogP contribution >= 0.6 is 0 Å². The van der Waals surface area contributed by atoms with Crippen molar-refractivity contribution in [1.82, 2.24) is 20.2 Å². The van der Waals surface area contributed by atoms with Gasteiger partial charge in [0.2, 0.25) is 0 Å². The van der Waals surface area contributed by atoms with E-state index in [2.05, 4.69) is 15.5 Å². The van der Waals surface area contributed by atoms with Crippen molar-refractivity contribution in [2.45, 2.75) is 12.8 Å². The number of nitrogens with zero attached hydrogens (tertiary/aromatic N) is 5. The van der Waals surface area contributed by atoms with E-state index >= 15 is 0 Å². The molecule has 8 nitrogen and oxygen atoms in total. The van der Waals surface area contributed by atoms with Gasteiger partial charge in [0.05, 0.1) is 16.2 Å². The van der Waals surface area contributed by atoms with E-state index in [9.17, 15) is 23.3 Å². The Morgan fingerprint density at radius 1 is 1.12 bits per heavy atom. The molecule has 0 bridgehead atoms. The molecule has 0 atom stereocenters. The molecule has 0 radical (unpaired) electrons. The third kappa shape index (κ3) is 3.61. The van der Waals surface area contributed by atoms with Crippen molar-refractivity contribution in [3.63, 3.8) is 0 Å². The monoisotopic (exact) mass is 365 g/mol. The fourth-order valence-corrected chi connectivity index (χ4v) is 2.16. The van der Waals surface area contributed by atoms with Gasteiger partial charge in [-0.2, -0.15) is 17.9 Å². The van der Waals surface area contributed by atoms with Gasteiger partial charge in [0.25, 0.3) is 0 Å². The first-order valence-corrected chi connectivity index (χ1v) is 7.17. The van der Waals surface area contributed by atoms with Gasteiger partial charge in [-0.25, -0.2) is 0 Å². The number of rotatable bonds is 5. The van der Waals surface area contributed by atoms with Gasteiger partial charge in [0, 0.05) is 6.07 Å². The number of nitro benzene ring substituents is 1. The molecule has 134 valence electrons. The fraction of sp³-hybridized carbons (Fsp3) is 0.133. The minimum Gasteiger partial charge on any atom is -0.478 e. The summed E-state index contributed by atoms with van der Waals surface area (Å²) in [5.41, 5.74) is -0.725. The van der Waals surface area contributed by atoms with E-state index in [1.54, 1.807) is 6.07 Å².